The molecule has 0 saturated carbocycles. The fraction of sp³-hybridized carbons (Fsp3) is 0.379. The van der Waals surface area contributed by atoms with E-state index in [0.29, 0.717) is 29.7 Å². The fourth-order valence-corrected chi connectivity index (χ4v) is 5.18. The highest BCUT2D eigenvalue weighted by atomic mass is 19.4. The SMILES string of the molecule is CCC(CC)(c1ccc(-c2ccc(CC(=O)O)cn2)c(C)c1)c1ccc(C(O)(C(F)(F)F)C(F)(F)F)c(C)c1. The van der Waals surface area contributed by atoms with Crippen LogP contribution in [0.3, 0.4) is 0 Å². The Labute approximate surface area is 222 Å². The summed E-state index contributed by atoms with van der Waals surface area (Å²) in [5.41, 5.74) is -3.11. The summed E-state index contributed by atoms with van der Waals surface area (Å²) in [5.74, 6) is -0.967. The van der Waals surface area contributed by atoms with Crippen molar-refractivity contribution >= 4 is 5.97 Å². The molecule has 0 aliphatic heterocycles. The van der Waals surface area contributed by atoms with E-state index in [2.05, 4.69) is 4.98 Å². The number of aliphatic carboxylic acids is 1. The summed E-state index contributed by atoms with van der Waals surface area (Å²) in [4.78, 5) is 15.3. The zero-order valence-electron chi connectivity index (χ0n) is 21.8. The van der Waals surface area contributed by atoms with Crippen LogP contribution in [0.15, 0.2) is 54.7 Å². The molecule has 0 bridgehead atoms. The molecule has 1 heterocycles. The number of carbonyl (C=O) groups is 1. The highest BCUT2D eigenvalue weighted by Crippen LogP contribution is 2.51. The van der Waals surface area contributed by atoms with Gasteiger partial charge in [-0.05, 0) is 60.6 Å². The largest absolute Gasteiger partial charge is 0.481 e. The van der Waals surface area contributed by atoms with E-state index in [0.717, 1.165) is 29.7 Å². The lowest BCUT2D eigenvalue weighted by molar-refractivity contribution is -0.376. The number of aliphatic hydroxyl groups is 1. The summed E-state index contributed by atoms with van der Waals surface area (Å²) in [6, 6.07) is 12.2. The average Bonchev–Trinajstić information content (AvgIpc) is 2.84. The van der Waals surface area contributed by atoms with Gasteiger partial charge in [0.25, 0.3) is 5.60 Å². The van der Waals surface area contributed by atoms with E-state index in [1.165, 1.54) is 18.3 Å². The number of aromatic nitrogens is 1. The number of benzene rings is 2. The molecule has 0 atom stereocenters. The standard InChI is InChI=1S/C29H29F6NO3/c1-5-26(6-2,21-9-11-23(18(4)14-21)27(39,28(30,31)32)29(33,34)35)20-8-10-22(17(3)13-20)24-12-7-19(16-36-24)15-25(37)38/h7-14,16,39H,5-6,15H2,1-4H3,(H,37,38). The van der Waals surface area contributed by atoms with Crippen molar-refractivity contribution in [3.8, 4) is 11.3 Å². The third kappa shape index (κ3) is 5.39. The number of aryl methyl sites for hydroxylation is 2. The van der Waals surface area contributed by atoms with Crippen LogP contribution in [-0.2, 0) is 22.2 Å². The van der Waals surface area contributed by atoms with Crippen LogP contribution in [0, 0.1) is 13.8 Å². The van der Waals surface area contributed by atoms with Crippen molar-refractivity contribution in [3.05, 3.63) is 88.1 Å². The molecule has 0 radical (unpaired) electrons. The Morgan fingerprint density at radius 2 is 1.36 bits per heavy atom. The summed E-state index contributed by atoms with van der Waals surface area (Å²) in [6.07, 6.45) is -9.57. The molecule has 0 aliphatic rings. The number of hydrogen-bond acceptors (Lipinski definition) is 3. The first-order chi connectivity index (χ1) is 18.0. The van der Waals surface area contributed by atoms with Crippen LogP contribution in [0.5, 0.6) is 0 Å². The van der Waals surface area contributed by atoms with Crippen LogP contribution < -0.4 is 0 Å². The topological polar surface area (TPSA) is 70.4 Å². The van der Waals surface area contributed by atoms with Gasteiger partial charge in [0.15, 0.2) is 0 Å². The molecule has 210 valence electrons. The molecule has 3 rings (SSSR count). The monoisotopic (exact) mass is 553 g/mol. The van der Waals surface area contributed by atoms with Crippen molar-refractivity contribution in [1.82, 2.24) is 4.98 Å². The molecule has 0 spiro atoms. The summed E-state index contributed by atoms with van der Waals surface area (Å²) >= 11 is 0. The van der Waals surface area contributed by atoms with Gasteiger partial charge >= 0.3 is 18.3 Å². The van der Waals surface area contributed by atoms with Crippen LogP contribution in [-0.4, -0.2) is 33.5 Å². The van der Waals surface area contributed by atoms with Crippen molar-refractivity contribution < 1.29 is 41.4 Å². The molecule has 0 amide bonds. The zero-order valence-corrected chi connectivity index (χ0v) is 21.8. The minimum atomic E-state index is -5.96. The van der Waals surface area contributed by atoms with E-state index in [1.54, 1.807) is 12.1 Å². The molecule has 39 heavy (non-hydrogen) atoms. The third-order valence-corrected chi connectivity index (χ3v) is 7.43. The summed E-state index contributed by atoms with van der Waals surface area (Å²) in [5, 5.41) is 18.9. The second-order valence-corrected chi connectivity index (χ2v) is 9.68. The van der Waals surface area contributed by atoms with E-state index in [1.807, 2.05) is 39.0 Å². The number of alkyl halides is 6. The number of rotatable bonds is 8. The Bertz CT molecular complexity index is 1330. The minimum absolute atomic E-state index is 0.151. The van der Waals surface area contributed by atoms with Crippen molar-refractivity contribution in [2.45, 2.75) is 70.3 Å². The highest BCUT2D eigenvalue weighted by molar-refractivity contribution is 5.71. The molecule has 10 heteroatoms. The van der Waals surface area contributed by atoms with Crippen molar-refractivity contribution in [3.63, 3.8) is 0 Å². The number of carboxylic acid groups (broad SMARTS) is 1. The van der Waals surface area contributed by atoms with Gasteiger partial charge in [-0.25, -0.2) is 0 Å². The quantitative estimate of drug-likeness (QED) is 0.285. The molecule has 4 nitrogen and oxygen atoms in total. The number of nitrogens with zero attached hydrogens (tertiary/aromatic N) is 1. The van der Waals surface area contributed by atoms with Crippen LogP contribution >= 0.6 is 0 Å². The van der Waals surface area contributed by atoms with Gasteiger partial charge in [0.1, 0.15) is 0 Å². The smallest absolute Gasteiger partial charge is 0.430 e. The molecule has 1 aromatic heterocycles. The van der Waals surface area contributed by atoms with E-state index >= 15 is 0 Å². The summed E-state index contributed by atoms with van der Waals surface area (Å²) in [6.45, 7) is 6.77. The Hall–Kier alpha value is -3.40. The number of pyridine rings is 1. The molecular formula is C29H29F6NO3. The zero-order chi connectivity index (χ0) is 29.4. The Morgan fingerprint density at radius 3 is 1.77 bits per heavy atom. The summed E-state index contributed by atoms with van der Waals surface area (Å²) in [7, 11) is 0. The van der Waals surface area contributed by atoms with E-state index < -0.39 is 34.9 Å². The molecular weight excluding hydrogens is 524 g/mol. The van der Waals surface area contributed by atoms with Gasteiger partial charge in [-0.2, -0.15) is 26.3 Å². The van der Waals surface area contributed by atoms with Gasteiger partial charge in [0.2, 0.25) is 0 Å². The Morgan fingerprint density at radius 1 is 0.821 bits per heavy atom. The van der Waals surface area contributed by atoms with Crippen LogP contribution in [0.2, 0.25) is 0 Å². The second kappa shape index (κ2) is 10.6. The lowest BCUT2D eigenvalue weighted by Crippen LogP contribution is -2.54. The van der Waals surface area contributed by atoms with E-state index in [-0.39, 0.29) is 12.0 Å². The summed E-state index contributed by atoms with van der Waals surface area (Å²) < 4.78 is 81.0. The van der Waals surface area contributed by atoms with Crippen molar-refractivity contribution in [1.29, 1.82) is 0 Å². The highest BCUT2D eigenvalue weighted by Gasteiger charge is 2.71. The normalized spacial score (nSPS) is 13.0. The number of carboxylic acids is 1. The van der Waals surface area contributed by atoms with Gasteiger partial charge in [-0.1, -0.05) is 56.3 Å². The average molecular weight is 554 g/mol. The second-order valence-electron chi connectivity index (χ2n) is 9.68. The maximum atomic E-state index is 13.5. The first-order valence-electron chi connectivity index (χ1n) is 12.3. The number of halogens is 6. The predicted molar refractivity (Wildman–Crippen MR) is 134 cm³/mol. The van der Waals surface area contributed by atoms with Crippen LogP contribution in [0.1, 0.15) is 60.1 Å². The molecule has 0 saturated heterocycles. The van der Waals surface area contributed by atoms with Gasteiger partial charge in [0.05, 0.1) is 12.1 Å². The molecule has 2 aromatic carbocycles. The molecule has 0 fully saturated rings. The first kappa shape index (κ1) is 30.1. The maximum absolute atomic E-state index is 13.5. The van der Waals surface area contributed by atoms with Crippen LogP contribution in [0.25, 0.3) is 11.3 Å². The van der Waals surface area contributed by atoms with Gasteiger partial charge in [-0.15, -0.1) is 0 Å². The third-order valence-electron chi connectivity index (χ3n) is 7.43. The van der Waals surface area contributed by atoms with Crippen molar-refractivity contribution in [2.24, 2.45) is 0 Å². The Kier molecular flexibility index (Phi) is 8.22. The van der Waals surface area contributed by atoms with Gasteiger partial charge in [-0.3, -0.25) is 9.78 Å². The first-order valence-corrected chi connectivity index (χ1v) is 12.3. The Balaban J connectivity index is 2.08. The molecule has 0 unspecified atom stereocenters. The number of hydrogen-bond donors (Lipinski definition) is 2. The maximum Gasteiger partial charge on any atom is 0.430 e. The van der Waals surface area contributed by atoms with Gasteiger partial charge in [0, 0.05) is 22.7 Å². The molecule has 0 aliphatic carbocycles. The lowest BCUT2D eigenvalue weighted by atomic mass is 9.69. The minimum Gasteiger partial charge on any atom is -0.481 e. The lowest BCUT2D eigenvalue weighted by Gasteiger charge is -2.37. The van der Waals surface area contributed by atoms with E-state index in [4.69, 9.17) is 5.11 Å². The van der Waals surface area contributed by atoms with E-state index in [9.17, 15) is 36.2 Å². The molecule has 3 aromatic rings. The van der Waals surface area contributed by atoms with Crippen molar-refractivity contribution in [2.75, 3.05) is 0 Å². The molecule has 2 N–H and O–H groups in total. The predicted octanol–water partition coefficient (Wildman–Crippen LogP) is 7.41. The van der Waals surface area contributed by atoms with Crippen LogP contribution in [0.4, 0.5) is 26.3 Å². The fourth-order valence-electron chi connectivity index (χ4n) is 5.18. The van der Waals surface area contributed by atoms with Gasteiger partial charge < -0.3 is 10.2 Å².